The van der Waals surface area contributed by atoms with Crippen LogP contribution in [0.25, 0.3) is 0 Å². The van der Waals surface area contributed by atoms with Crippen molar-refractivity contribution in [3.8, 4) is 23.8 Å². The molecule has 8 nitrogen and oxygen atoms in total. The Morgan fingerprint density at radius 1 is 1.39 bits per heavy atom. The summed E-state index contributed by atoms with van der Waals surface area (Å²) in [6, 6.07) is 8.51. The molecule has 2 aromatic carbocycles. The number of hydrogen-bond acceptors (Lipinski definition) is 6. The molecule has 1 N–H and O–H groups in total. The normalized spacial score (nSPS) is 10.3. The zero-order valence-electron chi connectivity index (χ0n) is 14.8. The molecular weight excluding hydrogens is 386 g/mol. The molecule has 2 aromatic rings. The number of rotatable bonds is 8. The van der Waals surface area contributed by atoms with Crippen molar-refractivity contribution in [2.45, 2.75) is 6.92 Å². The van der Waals surface area contributed by atoms with Crippen LogP contribution in [0.3, 0.4) is 0 Å². The van der Waals surface area contributed by atoms with Gasteiger partial charge in [0.1, 0.15) is 6.61 Å². The lowest BCUT2D eigenvalue weighted by Gasteiger charge is -2.12. The second-order valence-electron chi connectivity index (χ2n) is 5.26. The minimum Gasteiger partial charge on any atom is -0.490 e. The quantitative estimate of drug-likeness (QED) is 0.316. The van der Waals surface area contributed by atoms with Gasteiger partial charge in [-0.1, -0.05) is 23.6 Å². The highest BCUT2D eigenvalue weighted by atomic mass is 35.5. The van der Waals surface area contributed by atoms with E-state index in [0.717, 1.165) is 6.07 Å². The number of nitrogens with zero attached hydrogens (tertiary/aromatic N) is 2. The summed E-state index contributed by atoms with van der Waals surface area (Å²) >= 11 is 6.20. The molecule has 0 aliphatic rings. The van der Waals surface area contributed by atoms with Gasteiger partial charge >= 0.3 is 0 Å². The molecule has 0 radical (unpaired) electrons. The molecular formula is C19H16ClN3O5. The highest BCUT2D eigenvalue weighted by Crippen LogP contribution is 2.36. The SMILES string of the molecule is C#CCOc1c(Cl)cc(/C=N\NC(=O)c2cccc([N+](=O)[O-])c2)cc1OCC. The Morgan fingerprint density at radius 2 is 2.18 bits per heavy atom. The Labute approximate surface area is 166 Å². The van der Waals surface area contributed by atoms with Crippen LogP contribution in [0.2, 0.25) is 5.02 Å². The number of hydrogen-bond donors (Lipinski definition) is 1. The van der Waals surface area contributed by atoms with E-state index < -0.39 is 10.8 Å². The third-order valence-electron chi connectivity index (χ3n) is 3.33. The number of amides is 1. The molecule has 2 rings (SSSR count). The highest BCUT2D eigenvalue weighted by molar-refractivity contribution is 6.32. The van der Waals surface area contributed by atoms with Gasteiger partial charge in [0, 0.05) is 17.7 Å². The van der Waals surface area contributed by atoms with Gasteiger partial charge in [0.15, 0.2) is 11.5 Å². The van der Waals surface area contributed by atoms with Crippen LogP contribution >= 0.6 is 11.6 Å². The molecule has 0 saturated heterocycles. The van der Waals surface area contributed by atoms with E-state index in [1.807, 2.05) is 0 Å². The Balaban J connectivity index is 2.15. The van der Waals surface area contributed by atoms with E-state index in [-0.39, 0.29) is 22.9 Å². The number of carbonyl (C=O) groups excluding carboxylic acids is 1. The van der Waals surface area contributed by atoms with Crippen molar-refractivity contribution in [3.05, 3.63) is 62.7 Å². The molecule has 0 unspecified atom stereocenters. The van der Waals surface area contributed by atoms with Crippen molar-refractivity contribution in [1.29, 1.82) is 0 Å². The monoisotopic (exact) mass is 401 g/mol. The number of hydrazone groups is 1. The first-order valence-electron chi connectivity index (χ1n) is 8.06. The molecule has 9 heteroatoms. The van der Waals surface area contributed by atoms with Crippen LogP contribution in [0.4, 0.5) is 5.69 Å². The molecule has 0 bridgehead atoms. The molecule has 28 heavy (non-hydrogen) atoms. The topological polar surface area (TPSA) is 103 Å². The Bertz CT molecular complexity index is 953. The number of nitro groups is 1. The lowest BCUT2D eigenvalue weighted by molar-refractivity contribution is -0.384. The fourth-order valence-electron chi connectivity index (χ4n) is 2.17. The van der Waals surface area contributed by atoms with Gasteiger partial charge in [-0.25, -0.2) is 5.43 Å². The number of terminal acetylenes is 1. The van der Waals surface area contributed by atoms with Gasteiger partial charge in [0.05, 0.1) is 22.8 Å². The van der Waals surface area contributed by atoms with E-state index in [4.69, 9.17) is 27.5 Å². The number of carbonyl (C=O) groups is 1. The summed E-state index contributed by atoms with van der Waals surface area (Å²) in [6.45, 7) is 2.22. The van der Waals surface area contributed by atoms with Crippen molar-refractivity contribution in [2.75, 3.05) is 13.2 Å². The smallest absolute Gasteiger partial charge is 0.271 e. The molecule has 1 amide bonds. The lowest BCUT2D eigenvalue weighted by Crippen LogP contribution is -2.17. The molecule has 0 aliphatic heterocycles. The van der Waals surface area contributed by atoms with E-state index in [0.29, 0.717) is 23.7 Å². The largest absolute Gasteiger partial charge is 0.490 e. The van der Waals surface area contributed by atoms with Crippen molar-refractivity contribution < 1.29 is 19.2 Å². The Hall–Kier alpha value is -3.57. The maximum Gasteiger partial charge on any atom is 0.271 e. The average Bonchev–Trinajstić information content (AvgIpc) is 2.67. The predicted octanol–water partition coefficient (Wildman–Crippen LogP) is 3.42. The lowest BCUT2D eigenvalue weighted by atomic mass is 10.2. The van der Waals surface area contributed by atoms with Crippen LogP contribution in [0, 0.1) is 22.5 Å². The number of ether oxygens (including phenoxy) is 2. The Morgan fingerprint density at radius 3 is 2.86 bits per heavy atom. The summed E-state index contributed by atoms with van der Waals surface area (Å²) < 4.78 is 10.9. The summed E-state index contributed by atoms with van der Waals surface area (Å²) in [5.74, 6) is 2.46. The summed E-state index contributed by atoms with van der Waals surface area (Å²) in [5.41, 5.74) is 2.76. The molecule has 0 aromatic heterocycles. The fourth-order valence-corrected chi connectivity index (χ4v) is 2.44. The third-order valence-corrected chi connectivity index (χ3v) is 3.61. The van der Waals surface area contributed by atoms with E-state index in [1.54, 1.807) is 19.1 Å². The van der Waals surface area contributed by atoms with Crippen molar-refractivity contribution in [3.63, 3.8) is 0 Å². The molecule has 0 spiro atoms. The number of benzene rings is 2. The molecule has 0 atom stereocenters. The van der Waals surface area contributed by atoms with Crippen LogP contribution in [0.5, 0.6) is 11.5 Å². The zero-order chi connectivity index (χ0) is 20.5. The predicted molar refractivity (Wildman–Crippen MR) is 105 cm³/mol. The summed E-state index contributed by atoms with van der Waals surface area (Å²) in [4.78, 5) is 22.3. The van der Waals surface area contributed by atoms with Gasteiger partial charge in [-0.3, -0.25) is 14.9 Å². The van der Waals surface area contributed by atoms with Crippen molar-refractivity contribution in [1.82, 2.24) is 5.43 Å². The summed E-state index contributed by atoms with van der Waals surface area (Å²) in [6.07, 6.45) is 6.55. The average molecular weight is 402 g/mol. The standard InChI is InChI=1S/C19H16ClN3O5/c1-3-8-28-18-16(20)9-13(10-17(18)27-4-2)12-21-22-19(24)14-6-5-7-15(11-14)23(25)26/h1,5-7,9-12H,4,8H2,2H3,(H,22,24)/b21-12-. The highest BCUT2D eigenvalue weighted by Gasteiger charge is 2.13. The van der Waals surface area contributed by atoms with Gasteiger partial charge < -0.3 is 9.47 Å². The summed E-state index contributed by atoms with van der Waals surface area (Å²) in [7, 11) is 0. The van der Waals surface area contributed by atoms with Crippen molar-refractivity contribution in [2.24, 2.45) is 5.10 Å². The molecule has 144 valence electrons. The maximum atomic E-state index is 12.1. The van der Waals surface area contributed by atoms with Crippen LogP contribution < -0.4 is 14.9 Å². The van der Waals surface area contributed by atoms with E-state index in [9.17, 15) is 14.9 Å². The Kier molecular flexibility index (Phi) is 7.37. The van der Waals surface area contributed by atoms with Crippen LogP contribution in [0.15, 0.2) is 41.5 Å². The van der Waals surface area contributed by atoms with Crippen LogP contribution in [0.1, 0.15) is 22.8 Å². The fraction of sp³-hybridized carbons (Fsp3) is 0.158. The van der Waals surface area contributed by atoms with E-state index in [2.05, 4.69) is 16.4 Å². The number of nitro benzene ring substituents is 1. The minimum atomic E-state index is -0.593. The first-order chi connectivity index (χ1) is 13.5. The third kappa shape index (κ3) is 5.46. The molecule has 0 aliphatic carbocycles. The molecule has 0 saturated carbocycles. The molecule has 0 fully saturated rings. The second kappa shape index (κ2) is 9.94. The van der Waals surface area contributed by atoms with Gasteiger partial charge in [0.2, 0.25) is 0 Å². The zero-order valence-corrected chi connectivity index (χ0v) is 15.6. The van der Waals surface area contributed by atoms with Gasteiger partial charge in [-0.05, 0) is 30.7 Å². The van der Waals surface area contributed by atoms with Gasteiger partial charge in [-0.15, -0.1) is 6.42 Å². The minimum absolute atomic E-state index is 0.0342. The first-order valence-corrected chi connectivity index (χ1v) is 8.44. The van der Waals surface area contributed by atoms with Crippen LogP contribution in [-0.2, 0) is 0 Å². The molecule has 0 heterocycles. The van der Waals surface area contributed by atoms with Crippen molar-refractivity contribution >= 4 is 29.4 Å². The van der Waals surface area contributed by atoms with Gasteiger partial charge in [-0.2, -0.15) is 5.10 Å². The second-order valence-corrected chi connectivity index (χ2v) is 5.67. The van der Waals surface area contributed by atoms with Crippen LogP contribution in [-0.4, -0.2) is 30.3 Å². The van der Waals surface area contributed by atoms with Gasteiger partial charge in [0.25, 0.3) is 11.6 Å². The number of halogens is 1. The number of nitrogens with one attached hydrogen (secondary N) is 1. The van der Waals surface area contributed by atoms with E-state index in [1.165, 1.54) is 24.4 Å². The number of non-ortho nitro benzene ring substituents is 1. The van der Waals surface area contributed by atoms with E-state index >= 15 is 0 Å². The summed E-state index contributed by atoms with van der Waals surface area (Å²) in [5, 5.41) is 14.9. The first kappa shape index (κ1) is 20.7. The maximum absolute atomic E-state index is 12.1.